The van der Waals surface area contributed by atoms with Crippen LogP contribution in [0.15, 0.2) is 11.6 Å². The lowest BCUT2D eigenvalue weighted by Crippen LogP contribution is -2.23. The maximum Gasteiger partial charge on any atom is 0.0807 e. The Morgan fingerprint density at radius 1 is 1.25 bits per heavy atom. The van der Waals surface area contributed by atoms with Crippen LogP contribution >= 0.6 is 11.5 Å². The number of nitrogens with zero attached hydrogens (tertiary/aromatic N) is 2. The number of rotatable bonds is 6. The van der Waals surface area contributed by atoms with Crippen molar-refractivity contribution in [2.45, 2.75) is 71.3 Å². The third kappa shape index (κ3) is 4.13. The zero-order valence-corrected chi connectivity index (χ0v) is 13.6. The van der Waals surface area contributed by atoms with Gasteiger partial charge in [-0.25, -0.2) is 0 Å². The summed E-state index contributed by atoms with van der Waals surface area (Å²) in [6.45, 7) is 5.39. The summed E-state index contributed by atoms with van der Waals surface area (Å²) in [7, 11) is 0. The molecule has 0 aromatic carbocycles. The Balaban J connectivity index is 2.22. The van der Waals surface area contributed by atoms with E-state index >= 15 is 0 Å². The molecule has 1 aliphatic rings. The second kappa shape index (κ2) is 8.53. The van der Waals surface area contributed by atoms with Crippen LogP contribution in [0.5, 0.6) is 0 Å². The van der Waals surface area contributed by atoms with Gasteiger partial charge in [-0.2, -0.15) is 0 Å². The van der Waals surface area contributed by atoms with E-state index in [1.807, 2.05) is 0 Å². The van der Waals surface area contributed by atoms with Gasteiger partial charge in [0.25, 0.3) is 0 Å². The van der Waals surface area contributed by atoms with Crippen molar-refractivity contribution >= 4 is 11.5 Å². The van der Waals surface area contributed by atoms with Gasteiger partial charge in [0.05, 0.1) is 16.6 Å². The maximum atomic E-state index is 4.35. The molecule has 1 atom stereocenters. The molecule has 0 aliphatic heterocycles. The van der Waals surface area contributed by atoms with E-state index in [-0.39, 0.29) is 0 Å². The van der Waals surface area contributed by atoms with Crippen LogP contribution in [0.4, 0.5) is 0 Å². The van der Waals surface area contributed by atoms with Crippen LogP contribution in [-0.2, 0) is 6.42 Å². The number of hydrogen-bond acceptors (Lipinski definition) is 4. The minimum atomic E-state index is 0.347. The van der Waals surface area contributed by atoms with E-state index in [1.165, 1.54) is 49.1 Å². The summed E-state index contributed by atoms with van der Waals surface area (Å²) < 4.78 is 4.21. The van der Waals surface area contributed by atoms with Crippen molar-refractivity contribution in [1.82, 2.24) is 14.9 Å². The Hall–Kier alpha value is -0.740. The van der Waals surface area contributed by atoms with E-state index in [1.54, 1.807) is 17.1 Å². The van der Waals surface area contributed by atoms with Crippen molar-refractivity contribution in [1.29, 1.82) is 0 Å². The highest BCUT2D eigenvalue weighted by Crippen LogP contribution is 2.32. The first-order valence-electron chi connectivity index (χ1n) is 8.10. The standard InChI is InChI=1S/C16H27N3S/c1-3-10-14-16(20-19-18-14)15(17-4-2)13-11-8-6-5-7-9-12-13/h11,15,17H,3-10,12H2,1-2H3. The molecular weight excluding hydrogens is 266 g/mol. The summed E-state index contributed by atoms with van der Waals surface area (Å²) in [5, 5.41) is 8.01. The molecule has 0 saturated carbocycles. The van der Waals surface area contributed by atoms with Gasteiger partial charge in [-0.15, -0.1) is 5.10 Å². The lowest BCUT2D eigenvalue weighted by molar-refractivity contribution is 0.555. The highest BCUT2D eigenvalue weighted by Gasteiger charge is 2.22. The summed E-state index contributed by atoms with van der Waals surface area (Å²) in [5.41, 5.74) is 2.77. The average molecular weight is 293 g/mol. The first kappa shape index (κ1) is 15.6. The molecule has 0 saturated heterocycles. The van der Waals surface area contributed by atoms with Gasteiger partial charge in [-0.1, -0.05) is 49.2 Å². The summed E-state index contributed by atoms with van der Waals surface area (Å²) in [6.07, 6.45) is 12.5. The highest BCUT2D eigenvalue weighted by atomic mass is 32.1. The Labute approximate surface area is 127 Å². The largest absolute Gasteiger partial charge is 0.306 e. The van der Waals surface area contributed by atoms with Gasteiger partial charge in [0.1, 0.15) is 0 Å². The monoisotopic (exact) mass is 293 g/mol. The van der Waals surface area contributed by atoms with Crippen LogP contribution in [0.1, 0.15) is 75.4 Å². The molecular formula is C16H27N3S. The third-order valence-corrected chi connectivity index (χ3v) is 4.77. The molecule has 0 fully saturated rings. The van der Waals surface area contributed by atoms with Gasteiger partial charge < -0.3 is 5.32 Å². The first-order chi connectivity index (χ1) is 9.86. The normalized spacial score (nSPS) is 18.2. The van der Waals surface area contributed by atoms with Gasteiger partial charge in [0.2, 0.25) is 0 Å². The summed E-state index contributed by atoms with van der Waals surface area (Å²) >= 11 is 1.58. The van der Waals surface area contributed by atoms with Gasteiger partial charge in [0, 0.05) is 0 Å². The molecule has 0 spiro atoms. The number of hydrogen-bond donors (Lipinski definition) is 1. The van der Waals surface area contributed by atoms with Crippen molar-refractivity contribution in [3.05, 3.63) is 22.2 Å². The minimum Gasteiger partial charge on any atom is -0.306 e. The van der Waals surface area contributed by atoms with Gasteiger partial charge in [0.15, 0.2) is 0 Å². The fourth-order valence-electron chi connectivity index (χ4n) is 2.92. The van der Waals surface area contributed by atoms with Crippen molar-refractivity contribution in [2.24, 2.45) is 0 Å². The van der Waals surface area contributed by atoms with Crippen LogP contribution in [0.2, 0.25) is 0 Å². The van der Waals surface area contributed by atoms with Crippen molar-refractivity contribution in [2.75, 3.05) is 6.54 Å². The van der Waals surface area contributed by atoms with Crippen LogP contribution in [0, 0.1) is 0 Å². The maximum absolute atomic E-state index is 4.35. The van der Waals surface area contributed by atoms with Crippen LogP contribution < -0.4 is 5.32 Å². The van der Waals surface area contributed by atoms with Crippen molar-refractivity contribution < 1.29 is 0 Å². The predicted octanol–water partition coefficient (Wildman–Crippen LogP) is 4.42. The number of likely N-dealkylation sites (N-methyl/N-ethyl adjacent to an activating group) is 1. The van der Waals surface area contributed by atoms with E-state index in [0.717, 1.165) is 19.4 Å². The molecule has 0 amide bonds. The van der Waals surface area contributed by atoms with E-state index in [4.69, 9.17) is 0 Å². The summed E-state index contributed by atoms with van der Waals surface area (Å²) in [6, 6.07) is 0.347. The molecule has 112 valence electrons. The Kier molecular flexibility index (Phi) is 6.67. The van der Waals surface area contributed by atoms with Gasteiger partial charge in [-0.3, -0.25) is 0 Å². The zero-order valence-electron chi connectivity index (χ0n) is 12.8. The molecule has 1 unspecified atom stereocenters. The van der Waals surface area contributed by atoms with Gasteiger partial charge in [-0.05, 0) is 50.2 Å². The molecule has 1 aromatic heterocycles. The SMILES string of the molecule is CCCc1nnsc1C(NCC)C1=CCCCCCC1. The zero-order chi connectivity index (χ0) is 14.2. The lowest BCUT2D eigenvalue weighted by Gasteiger charge is -2.22. The van der Waals surface area contributed by atoms with Crippen molar-refractivity contribution in [3.8, 4) is 0 Å². The molecule has 20 heavy (non-hydrogen) atoms. The fourth-order valence-corrected chi connectivity index (χ4v) is 3.74. The molecule has 2 rings (SSSR count). The molecule has 4 heteroatoms. The topological polar surface area (TPSA) is 37.8 Å². The molecule has 3 nitrogen and oxygen atoms in total. The van der Waals surface area contributed by atoms with Crippen LogP contribution in [-0.4, -0.2) is 16.1 Å². The number of nitrogens with one attached hydrogen (secondary N) is 1. The second-order valence-corrected chi connectivity index (χ2v) is 6.34. The summed E-state index contributed by atoms with van der Waals surface area (Å²) in [5.74, 6) is 0. The van der Waals surface area contributed by atoms with E-state index in [0.29, 0.717) is 6.04 Å². The predicted molar refractivity (Wildman–Crippen MR) is 86.1 cm³/mol. The van der Waals surface area contributed by atoms with E-state index < -0.39 is 0 Å². The Morgan fingerprint density at radius 3 is 2.90 bits per heavy atom. The lowest BCUT2D eigenvalue weighted by atomic mass is 9.93. The average Bonchev–Trinajstić information content (AvgIpc) is 2.85. The molecule has 1 N–H and O–H groups in total. The highest BCUT2D eigenvalue weighted by molar-refractivity contribution is 7.05. The van der Waals surface area contributed by atoms with E-state index in [9.17, 15) is 0 Å². The van der Waals surface area contributed by atoms with E-state index in [2.05, 4.69) is 34.8 Å². The molecule has 1 heterocycles. The van der Waals surface area contributed by atoms with Crippen LogP contribution in [0.25, 0.3) is 0 Å². The smallest absolute Gasteiger partial charge is 0.0807 e. The quantitative estimate of drug-likeness (QED) is 0.789. The molecule has 1 aliphatic carbocycles. The fraction of sp³-hybridized carbons (Fsp3) is 0.750. The number of allylic oxidation sites excluding steroid dienone is 1. The van der Waals surface area contributed by atoms with Crippen molar-refractivity contribution in [3.63, 3.8) is 0 Å². The third-order valence-electron chi connectivity index (χ3n) is 3.94. The Bertz CT molecular complexity index is 425. The number of aromatic nitrogens is 2. The van der Waals surface area contributed by atoms with Crippen LogP contribution in [0.3, 0.4) is 0 Å². The molecule has 0 bridgehead atoms. The van der Waals surface area contributed by atoms with Gasteiger partial charge >= 0.3 is 0 Å². The summed E-state index contributed by atoms with van der Waals surface area (Å²) in [4.78, 5) is 1.35. The molecule has 0 radical (unpaired) electrons. The second-order valence-electron chi connectivity index (χ2n) is 5.56. The first-order valence-corrected chi connectivity index (χ1v) is 8.87. The number of aryl methyl sites for hydroxylation is 1. The Morgan fingerprint density at radius 2 is 2.10 bits per heavy atom. The molecule has 1 aromatic rings. The minimum absolute atomic E-state index is 0.347.